The monoisotopic (exact) mass is 377 g/mol. The number of hydrogen-bond acceptors (Lipinski definition) is 3. The number of rotatable bonds is 5. The molecular weight excluding hydrogens is 350 g/mol. The van der Waals surface area contributed by atoms with Crippen LogP contribution in [-0.2, 0) is 4.79 Å². The van der Waals surface area contributed by atoms with E-state index in [1.165, 1.54) is 0 Å². The average molecular weight is 377 g/mol. The molecule has 1 aliphatic rings. The maximum atomic E-state index is 13.0. The van der Waals surface area contributed by atoms with Crippen molar-refractivity contribution in [3.63, 3.8) is 0 Å². The molecule has 3 aromatic rings. The number of piperazine rings is 1. The zero-order valence-electron chi connectivity index (χ0n) is 16.4. The molecule has 1 fully saturated rings. The fraction of sp³-hybridized carbons (Fsp3) is 0.391. The molecule has 0 spiro atoms. The molecule has 5 nitrogen and oxygen atoms in total. The number of fused-ring (bicyclic) bond motifs is 3. The molecule has 2 aromatic carbocycles. The molecule has 0 atom stereocenters. The van der Waals surface area contributed by atoms with E-state index in [2.05, 4.69) is 17.0 Å². The third-order valence-electron chi connectivity index (χ3n) is 5.76. The van der Waals surface area contributed by atoms with Gasteiger partial charge in [0.2, 0.25) is 11.8 Å². The predicted molar refractivity (Wildman–Crippen MR) is 113 cm³/mol. The van der Waals surface area contributed by atoms with Crippen molar-refractivity contribution in [2.45, 2.75) is 26.2 Å². The van der Waals surface area contributed by atoms with E-state index in [1.54, 1.807) is 6.92 Å². The van der Waals surface area contributed by atoms with Crippen LogP contribution in [0.5, 0.6) is 0 Å². The second-order valence-electron chi connectivity index (χ2n) is 7.57. The summed E-state index contributed by atoms with van der Waals surface area (Å²) < 4.78 is 1.89. The third-order valence-corrected chi connectivity index (χ3v) is 5.76. The summed E-state index contributed by atoms with van der Waals surface area (Å²) in [5.74, 6) is 0.329. The smallest absolute Gasteiger partial charge is 0.231 e. The van der Waals surface area contributed by atoms with E-state index in [9.17, 15) is 9.59 Å². The maximum absolute atomic E-state index is 13.0. The van der Waals surface area contributed by atoms with Crippen molar-refractivity contribution < 1.29 is 9.59 Å². The minimum Gasteiger partial charge on any atom is -0.340 e. The summed E-state index contributed by atoms with van der Waals surface area (Å²) >= 11 is 0. The van der Waals surface area contributed by atoms with Gasteiger partial charge in [-0.25, -0.2) is 0 Å². The van der Waals surface area contributed by atoms with E-state index in [1.807, 2.05) is 45.9 Å². The molecule has 0 unspecified atom stereocenters. The van der Waals surface area contributed by atoms with Gasteiger partial charge >= 0.3 is 0 Å². The van der Waals surface area contributed by atoms with Crippen LogP contribution in [0.2, 0.25) is 0 Å². The van der Waals surface area contributed by atoms with Crippen LogP contribution in [0, 0.1) is 0 Å². The highest BCUT2D eigenvalue weighted by molar-refractivity contribution is 6.13. The molecule has 0 saturated carbocycles. The van der Waals surface area contributed by atoms with Gasteiger partial charge in [-0.15, -0.1) is 0 Å². The van der Waals surface area contributed by atoms with Crippen molar-refractivity contribution >= 4 is 33.6 Å². The van der Waals surface area contributed by atoms with Crippen molar-refractivity contribution in [2.75, 3.05) is 32.7 Å². The van der Waals surface area contributed by atoms with Crippen LogP contribution in [0.15, 0.2) is 48.5 Å². The lowest BCUT2D eigenvalue weighted by Gasteiger charge is -2.34. The number of aromatic nitrogens is 1. The van der Waals surface area contributed by atoms with E-state index < -0.39 is 0 Å². The van der Waals surface area contributed by atoms with Gasteiger partial charge in [0.25, 0.3) is 0 Å². The van der Waals surface area contributed by atoms with E-state index in [0.717, 1.165) is 67.4 Å². The number of hydrogen-bond donors (Lipinski definition) is 0. The van der Waals surface area contributed by atoms with Gasteiger partial charge in [0, 0.05) is 50.3 Å². The predicted octanol–water partition coefficient (Wildman–Crippen LogP) is 3.77. The molecule has 0 radical (unpaired) electrons. The fourth-order valence-electron chi connectivity index (χ4n) is 4.20. The molecule has 1 aliphatic heterocycles. The van der Waals surface area contributed by atoms with Gasteiger partial charge in [0.15, 0.2) is 0 Å². The second kappa shape index (κ2) is 8.15. The Labute approximate surface area is 165 Å². The first-order valence-corrected chi connectivity index (χ1v) is 10.1. The third kappa shape index (κ3) is 3.67. The fourth-order valence-corrected chi connectivity index (χ4v) is 4.20. The molecule has 0 N–H and O–H groups in total. The molecule has 0 aliphatic carbocycles. The van der Waals surface area contributed by atoms with Gasteiger partial charge < -0.3 is 4.90 Å². The standard InChI is InChI=1S/C23H27N3O2/c1-18(27)25-16-14-24(15-17-25)13-7-6-12-23(28)26-21-10-4-2-8-19(21)20-9-3-5-11-22(20)26/h2-5,8-11H,6-7,12-17H2,1H3. The highest BCUT2D eigenvalue weighted by Gasteiger charge is 2.18. The SMILES string of the molecule is CC(=O)N1CCN(CCCCC(=O)n2c3ccccc3c3ccccc32)CC1. The lowest BCUT2D eigenvalue weighted by Crippen LogP contribution is -2.48. The van der Waals surface area contributed by atoms with Gasteiger partial charge in [-0.05, 0) is 31.5 Å². The first kappa shape index (κ1) is 18.7. The zero-order valence-corrected chi connectivity index (χ0v) is 16.4. The number of unbranched alkanes of at least 4 members (excludes halogenated alkanes) is 1. The Morgan fingerprint density at radius 1 is 0.821 bits per heavy atom. The van der Waals surface area contributed by atoms with Gasteiger partial charge in [-0.3, -0.25) is 19.1 Å². The Bertz CT molecular complexity index is 946. The van der Waals surface area contributed by atoms with Crippen LogP contribution < -0.4 is 0 Å². The highest BCUT2D eigenvalue weighted by atomic mass is 16.2. The topological polar surface area (TPSA) is 45.6 Å². The Balaban J connectivity index is 1.36. The van der Waals surface area contributed by atoms with E-state index >= 15 is 0 Å². The number of amides is 1. The lowest BCUT2D eigenvalue weighted by atomic mass is 10.2. The minimum atomic E-state index is 0.163. The average Bonchev–Trinajstić information content (AvgIpc) is 3.06. The van der Waals surface area contributed by atoms with Gasteiger partial charge in [-0.2, -0.15) is 0 Å². The highest BCUT2D eigenvalue weighted by Crippen LogP contribution is 2.29. The Kier molecular flexibility index (Phi) is 5.44. The molecule has 2 heterocycles. The first-order valence-electron chi connectivity index (χ1n) is 10.1. The molecule has 146 valence electrons. The van der Waals surface area contributed by atoms with Crippen LogP contribution in [0.4, 0.5) is 0 Å². The normalized spacial score (nSPS) is 15.4. The summed E-state index contributed by atoms with van der Waals surface area (Å²) in [5.41, 5.74) is 1.99. The van der Waals surface area contributed by atoms with Crippen LogP contribution in [0.3, 0.4) is 0 Å². The lowest BCUT2D eigenvalue weighted by molar-refractivity contribution is -0.130. The van der Waals surface area contributed by atoms with Crippen molar-refractivity contribution in [3.05, 3.63) is 48.5 Å². The number of para-hydroxylation sites is 2. The molecule has 1 amide bonds. The van der Waals surface area contributed by atoms with Gasteiger partial charge in [0.1, 0.15) is 0 Å². The molecule has 1 aromatic heterocycles. The summed E-state index contributed by atoms with van der Waals surface area (Å²) in [7, 11) is 0. The van der Waals surface area contributed by atoms with Crippen LogP contribution in [-0.4, -0.2) is 58.9 Å². The first-order chi connectivity index (χ1) is 13.6. The largest absolute Gasteiger partial charge is 0.340 e. The summed E-state index contributed by atoms with van der Waals surface area (Å²) in [5, 5.41) is 2.27. The van der Waals surface area contributed by atoms with Gasteiger partial charge in [-0.1, -0.05) is 36.4 Å². The summed E-state index contributed by atoms with van der Waals surface area (Å²) in [6, 6.07) is 16.3. The molecule has 4 rings (SSSR count). The van der Waals surface area contributed by atoms with Crippen molar-refractivity contribution in [3.8, 4) is 0 Å². The molecule has 1 saturated heterocycles. The number of benzene rings is 2. The van der Waals surface area contributed by atoms with Crippen molar-refractivity contribution in [2.24, 2.45) is 0 Å². The van der Waals surface area contributed by atoms with Crippen molar-refractivity contribution in [1.82, 2.24) is 14.4 Å². The Morgan fingerprint density at radius 3 is 1.96 bits per heavy atom. The number of carbonyl (C=O) groups excluding carboxylic acids is 2. The van der Waals surface area contributed by atoms with E-state index in [-0.39, 0.29) is 11.8 Å². The number of nitrogens with zero attached hydrogens (tertiary/aromatic N) is 3. The van der Waals surface area contributed by atoms with Gasteiger partial charge in [0.05, 0.1) is 11.0 Å². The van der Waals surface area contributed by atoms with Crippen molar-refractivity contribution in [1.29, 1.82) is 0 Å². The Morgan fingerprint density at radius 2 is 1.39 bits per heavy atom. The van der Waals surface area contributed by atoms with E-state index in [0.29, 0.717) is 6.42 Å². The number of carbonyl (C=O) groups is 2. The van der Waals surface area contributed by atoms with E-state index in [4.69, 9.17) is 0 Å². The maximum Gasteiger partial charge on any atom is 0.231 e. The molecule has 0 bridgehead atoms. The summed E-state index contributed by atoms with van der Waals surface area (Å²) in [6.07, 6.45) is 2.44. The minimum absolute atomic E-state index is 0.163. The molecule has 28 heavy (non-hydrogen) atoms. The quantitative estimate of drug-likeness (QED) is 0.636. The van der Waals surface area contributed by atoms with Crippen LogP contribution in [0.25, 0.3) is 21.8 Å². The van der Waals surface area contributed by atoms with Crippen LogP contribution in [0.1, 0.15) is 31.0 Å². The summed E-state index contributed by atoms with van der Waals surface area (Å²) in [4.78, 5) is 28.7. The zero-order chi connectivity index (χ0) is 19.5. The summed E-state index contributed by atoms with van der Waals surface area (Å²) in [6.45, 7) is 6.12. The van der Waals surface area contributed by atoms with Crippen LogP contribution >= 0.6 is 0 Å². The molecule has 5 heteroatoms. The Hall–Kier alpha value is -2.66. The second-order valence-corrected chi connectivity index (χ2v) is 7.57. The molecular formula is C23H27N3O2.